The zero-order valence-corrected chi connectivity index (χ0v) is 13.9. The topological polar surface area (TPSA) is 72.1 Å². The molecule has 3 heterocycles. The van der Waals surface area contributed by atoms with E-state index < -0.39 is 0 Å². The minimum absolute atomic E-state index is 0.0673. The molecular weight excluding hydrogens is 316 g/mol. The highest BCUT2D eigenvalue weighted by Gasteiger charge is 2.34. The molecule has 1 unspecified atom stereocenters. The maximum absolute atomic E-state index is 12.3. The molecule has 3 aromatic rings. The summed E-state index contributed by atoms with van der Waals surface area (Å²) in [5, 5.41) is 4.00. The van der Waals surface area contributed by atoms with Crippen LogP contribution in [0.3, 0.4) is 0 Å². The van der Waals surface area contributed by atoms with E-state index in [2.05, 4.69) is 34.2 Å². The first kappa shape index (κ1) is 15.5. The van der Waals surface area contributed by atoms with E-state index in [-0.39, 0.29) is 11.8 Å². The molecule has 6 heteroatoms. The van der Waals surface area contributed by atoms with Crippen LogP contribution in [0.4, 0.5) is 0 Å². The monoisotopic (exact) mass is 334 g/mol. The Bertz CT molecular complexity index is 891. The Morgan fingerprint density at radius 1 is 1.24 bits per heavy atom. The van der Waals surface area contributed by atoms with Gasteiger partial charge in [0.05, 0.1) is 5.92 Å². The van der Waals surface area contributed by atoms with Crippen LogP contribution >= 0.6 is 0 Å². The molecule has 0 spiro atoms. The van der Waals surface area contributed by atoms with Gasteiger partial charge in [-0.3, -0.25) is 9.78 Å². The van der Waals surface area contributed by atoms with Crippen LogP contribution in [0.15, 0.2) is 53.2 Å². The molecule has 0 N–H and O–H groups in total. The number of hydrogen-bond acceptors (Lipinski definition) is 5. The van der Waals surface area contributed by atoms with Gasteiger partial charge in [-0.1, -0.05) is 41.1 Å². The average molecular weight is 334 g/mol. The van der Waals surface area contributed by atoms with Crippen LogP contribution in [0.1, 0.15) is 29.4 Å². The van der Waals surface area contributed by atoms with Crippen LogP contribution < -0.4 is 0 Å². The molecule has 1 fully saturated rings. The van der Waals surface area contributed by atoms with Crippen molar-refractivity contribution in [2.75, 3.05) is 6.54 Å². The lowest BCUT2D eigenvalue weighted by atomic mass is 10.1. The predicted molar refractivity (Wildman–Crippen MR) is 91.5 cm³/mol. The smallest absolute Gasteiger partial charge is 0.232 e. The zero-order valence-electron chi connectivity index (χ0n) is 13.9. The van der Waals surface area contributed by atoms with E-state index in [0.29, 0.717) is 36.9 Å². The standard InChI is InChI=1S/C19H18N4O2/c1-13-5-4-6-14(9-13)11-23-12-15(10-17(23)24)19-21-18(22-25-19)16-7-2-3-8-20-16/h2-9,15H,10-12H2,1H3. The summed E-state index contributed by atoms with van der Waals surface area (Å²) in [6, 6.07) is 13.8. The molecule has 126 valence electrons. The number of rotatable bonds is 4. The van der Waals surface area contributed by atoms with Crippen LogP contribution in [-0.4, -0.2) is 32.5 Å². The third-order valence-electron chi connectivity index (χ3n) is 4.36. The van der Waals surface area contributed by atoms with Crippen LogP contribution in [0.5, 0.6) is 0 Å². The quantitative estimate of drug-likeness (QED) is 0.733. The Hall–Kier alpha value is -3.02. The maximum Gasteiger partial charge on any atom is 0.232 e. The van der Waals surface area contributed by atoms with Crippen LogP contribution in [0, 0.1) is 6.92 Å². The number of nitrogens with zero attached hydrogens (tertiary/aromatic N) is 4. The second kappa shape index (κ2) is 6.47. The molecular formula is C19H18N4O2. The lowest BCUT2D eigenvalue weighted by molar-refractivity contribution is -0.128. The van der Waals surface area contributed by atoms with Crippen molar-refractivity contribution in [3.8, 4) is 11.5 Å². The summed E-state index contributed by atoms with van der Waals surface area (Å²) in [5.74, 6) is 1.01. The normalized spacial score (nSPS) is 17.2. The Morgan fingerprint density at radius 2 is 2.16 bits per heavy atom. The fourth-order valence-electron chi connectivity index (χ4n) is 3.12. The van der Waals surface area contributed by atoms with Gasteiger partial charge in [0.1, 0.15) is 5.69 Å². The summed E-state index contributed by atoms with van der Waals surface area (Å²) < 4.78 is 5.39. The molecule has 4 rings (SSSR count). The molecule has 0 saturated carbocycles. The molecule has 1 aromatic carbocycles. The number of pyridine rings is 1. The molecule has 0 aliphatic carbocycles. The molecule has 25 heavy (non-hydrogen) atoms. The van der Waals surface area contributed by atoms with Gasteiger partial charge in [-0.15, -0.1) is 0 Å². The van der Waals surface area contributed by atoms with Gasteiger partial charge >= 0.3 is 0 Å². The Kier molecular flexibility index (Phi) is 4.01. The third kappa shape index (κ3) is 3.28. The van der Waals surface area contributed by atoms with Gasteiger partial charge in [0, 0.05) is 25.7 Å². The largest absolute Gasteiger partial charge is 0.339 e. The van der Waals surface area contributed by atoms with E-state index in [4.69, 9.17) is 4.52 Å². The Balaban J connectivity index is 1.48. The molecule has 6 nitrogen and oxygen atoms in total. The summed E-state index contributed by atoms with van der Waals surface area (Å²) >= 11 is 0. The number of amides is 1. The molecule has 0 bridgehead atoms. The second-order valence-electron chi connectivity index (χ2n) is 6.34. The number of carbonyl (C=O) groups excluding carboxylic acids is 1. The molecule has 1 aliphatic heterocycles. The zero-order chi connectivity index (χ0) is 17.2. The highest BCUT2D eigenvalue weighted by atomic mass is 16.5. The van der Waals surface area contributed by atoms with Gasteiger partial charge in [0.25, 0.3) is 0 Å². The van der Waals surface area contributed by atoms with E-state index in [1.807, 2.05) is 35.2 Å². The van der Waals surface area contributed by atoms with Crippen molar-refractivity contribution in [3.63, 3.8) is 0 Å². The SMILES string of the molecule is Cc1cccc(CN2CC(c3nc(-c4ccccn4)no3)CC2=O)c1. The van der Waals surface area contributed by atoms with Gasteiger partial charge in [0.15, 0.2) is 0 Å². The number of likely N-dealkylation sites (tertiary alicyclic amines) is 1. The minimum atomic E-state index is -0.0673. The minimum Gasteiger partial charge on any atom is -0.339 e. The highest BCUT2D eigenvalue weighted by Crippen LogP contribution is 2.29. The highest BCUT2D eigenvalue weighted by molar-refractivity contribution is 5.79. The summed E-state index contributed by atoms with van der Waals surface area (Å²) in [6.07, 6.45) is 2.09. The van der Waals surface area contributed by atoms with Crippen molar-refractivity contribution in [1.82, 2.24) is 20.0 Å². The number of hydrogen-bond donors (Lipinski definition) is 0. The summed E-state index contributed by atoms with van der Waals surface area (Å²) in [4.78, 5) is 22.9. The van der Waals surface area contributed by atoms with Gasteiger partial charge in [-0.25, -0.2) is 0 Å². The van der Waals surface area contributed by atoms with Crippen molar-refractivity contribution in [2.24, 2.45) is 0 Å². The van der Waals surface area contributed by atoms with Crippen molar-refractivity contribution in [2.45, 2.75) is 25.8 Å². The molecule has 1 atom stereocenters. The Morgan fingerprint density at radius 3 is 2.96 bits per heavy atom. The van der Waals surface area contributed by atoms with Gasteiger partial charge in [-0.05, 0) is 24.6 Å². The van der Waals surface area contributed by atoms with Gasteiger partial charge in [0.2, 0.25) is 17.6 Å². The van der Waals surface area contributed by atoms with E-state index in [1.165, 1.54) is 5.56 Å². The van der Waals surface area contributed by atoms with Crippen LogP contribution in [0.2, 0.25) is 0 Å². The molecule has 0 radical (unpaired) electrons. The lowest BCUT2D eigenvalue weighted by Gasteiger charge is -2.16. The number of carbonyl (C=O) groups is 1. The first-order chi connectivity index (χ1) is 12.2. The molecule has 2 aromatic heterocycles. The van der Waals surface area contributed by atoms with Crippen LogP contribution in [-0.2, 0) is 11.3 Å². The van der Waals surface area contributed by atoms with Crippen molar-refractivity contribution in [3.05, 3.63) is 65.7 Å². The first-order valence-electron chi connectivity index (χ1n) is 8.27. The fourth-order valence-corrected chi connectivity index (χ4v) is 3.12. The van der Waals surface area contributed by atoms with Gasteiger partial charge in [-0.2, -0.15) is 4.98 Å². The van der Waals surface area contributed by atoms with Crippen molar-refractivity contribution >= 4 is 5.91 Å². The fraction of sp³-hybridized carbons (Fsp3) is 0.263. The predicted octanol–water partition coefficient (Wildman–Crippen LogP) is 2.96. The third-order valence-corrected chi connectivity index (χ3v) is 4.36. The lowest BCUT2D eigenvalue weighted by Crippen LogP contribution is -2.24. The number of benzene rings is 1. The van der Waals surface area contributed by atoms with E-state index >= 15 is 0 Å². The molecule has 1 amide bonds. The number of aryl methyl sites for hydroxylation is 1. The van der Waals surface area contributed by atoms with Gasteiger partial charge < -0.3 is 9.42 Å². The Labute approximate surface area is 145 Å². The molecule has 1 saturated heterocycles. The summed E-state index contributed by atoms with van der Waals surface area (Å²) in [5.41, 5.74) is 2.99. The van der Waals surface area contributed by atoms with Crippen molar-refractivity contribution < 1.29 is 9.32 Å². The summed E-state index contributed by atoms with van der Waals surface area (Å²) in [7, 11) is 0. The van der Waals surface area contributed by atoms with E-state index in [9.17, 15) is 4.79 Å². The van der Waals surface area contributed by atoms with E-state index in [0.717, 1.165) is 5.56 Å². The van der Waals surface area contributed by atoms with Crippen LogP contribution in [0.25, 0.3) is 11.5 Å². The summed E-state index contributed by atoms with van der Waals surface area (Å²) in [6.45, 7) is 3.25. The second-order valence-corrected chi connectivity index (χ2v) is 6.34. The maximum atomic E-state index is 12.3. The van der Waals surface area contributed by atoms with E-state index in [1.54, 1.807) is 6.20 Å². The van der Waals surface area contributed by atoms with Crippen molar-refractivity contribution in [1.29, 1.82) is 0 Å². The number of aromatic nitrogens is 3. The first-order valence-corrected chi connectivity index (χ1v) is 8.27. The average Bonchev–Trinajstić information content (AvgIpc) is 3.23. The molecule has 1 aliphatic rings.